The van der Waals surface area contributed by atoms with Gasteiger partial charge in [-0.05, 0) is 48.0 Å². The summed E-state index contributed by atoms with van der Waals surface area (Å²) >= 11 is 0. The zero-order valence-corrected chi connectivity index (χ0v) is 19.4. The largest absolute Gasteiger partial charge is 0.383 e. The van der Waals surface area contributed by atoms with E-state index in [1.807, 2.05) is 42.5 Å². The van der Waals surface area contributed by atoms with Crippen LogP contribution in [0.5, 0.6) is 0 Å². The van der Waals surface area contributed by atoms with Crippen LogP contribution < -0.4 is 10.6 Å². The molecule has 0 saturated heterocycles. The highest BCUT2D eigenvalue weighted by Crippen LogP contribution is 2.29. The number of benzodiazepines with no additional fused rings is 1. The van der Waals surface area contributed by atoms with E-state index in [-0.39, 0.29) is 5.91 Å². The number of carbonyl (C=O) groups is 1. The first-order chi connectivity index (χ1) is 17.7. The molecule has 0 fully saturated rings. The molecule has 4 aromatic rings. The number of imidazole rings is 1. The van der Waals surface area contributed by atoms with Crippen LogP contribution in [0.25, 0.3) is 17.2 Å². The number of hydrogen-bond donors (Lipinski definition) is 3. The van der Waals surface area contributed by atoms with Crippen molar-refractivity contribution in [1.82, 2.24) is 15.0 Å². The molecule has 2 aliphatic heterocycles. The molecule has 6 rings (SSSR count). The van der Waals surface area contributed by atoms with Crippen LogP contribution in [0, 0.1) is 0 Å². The summed E-state index contributed by atoms with van der Waals surface area (Å²) in [5.41, 5.74) is 7.69. The summed E-state index contributed by atoms with van der Waals surface area (Å²) in [5, 5.41) is 6.40. The number of allylic oxidation sites excluding steroid dienone is 1. The summed E-state index contributed by atoms with van der Waals surface area (Å²) in [6.45, 7) is 1.94. The van der Waals surface area contributed by atoms with Crippen LogP contribution in [0.3, 0.4) is 0 Å². The third kappa shape index (κ3) is 4.32. The predicted octanol–water partition coefficient (Wildman–Crippen LogP) is 4.58. The summed E-state index contributed by atoms with van der Waals surface area (Å²) in [6, 6.07) is 17.2. The second-order valence-electron chi connectivity index (χ2n) is 8.50. The summed E-state index contributed by atoms with van der Waals surface area (Å²) in [6.07, 6.45) is 9.08. The van der Waals surface area contributed by atoms with Crippen LogP contribution in [0.1, 0.15) is 33.1 Å². The van der Waals surface area contributed by atoms with E-state index in [0.717, 1.165) is 51.8 Å². The third-order valence-electron chi connectivity index (χ3n) is 6.07. The standard InChI is InChI=1S/C28H23N7O/c36-28(18-5-2-1-3-6-18)33-21-13-20(15-30-16-21)19-8-9-23-22(14-19)26(32-12-11-31-23)27-34-24-7-4-10-29-17-25(24)35-27/h1-10,13-16,31H,11-12,17H2,(H,33,36)(H,34,35). The Morgan fingerprint density at radius 3 is 2.83 bits per heavy atom. The smallest absolute Gasteiger partial charge is 0.255 e. The molecule has 0 unspecified atom stereocenters. The average Bonchev–Trinajstić information content (AvgIpc) is 3.06. The Morgan fingerprint density at radius 1 is 1.00 bits per heavy atom. The van der Waals surface area contributed by atoms with Crippen LogP contribution in [0.15, 0.2) is 83.1 Å². The summed E-state index contributed by atoms with van der Waals surface area (Å²) in [4.78, 5) is 34.4. The first-order valence-corrected chi connectivity index (χ1v) is 11.7. The second-order valence-corrected chi connectivity index (χ2v) is 8.50. The minimum Gasteiger partial charge on any atom is -0.383 e. The molecule has 3 N–H and O–H groups in total. The molecule has 176 valence electrons. The van der Waals surface area contributed by atoms with Gasteiger partial charge in [-0.2, -0.15) is 0 Å². The highest BCUT2D eigenvalue weighted by Gasteiger charge is 2.20. The highest BCUT2D eigenvalue weighted by atomic mass is 16.1. The number of hydrogen-bond acceptors (Lipinski definition) is 6. The van der Waals surface area contributed by atoms with E-state index in [9.17, 15) is 4.79 Å². The number of anilines is 2. The molecule has 0 aliphatic carbocycles. The monoisotopic (exact) mass is 473 g/mol. The van der Waals surface area contributed by atoms with E-state index < -0.39 is 0 Å². The lowest BCUT2D eigenvalue weighted by Gasteiger charge is -2.12. The van der Waals surface area contributed by atoms with Gasteiger partial charge in [0.15, 0.2) is 5.82 Å². The number of benzene rings is 2. The number of fused-ring (bicyclic) bond motifs is 2. The van der Waals surface area contributed by atoms with Crippen molar-refractivity contribution < 1.29 is 4.79 Å². The van der Waals surface area contributed by atoms with E-state index in [1.165, 1.54) is 0 Å². The van der Waals surface area contributed by atoms with Gasteiger partial charge in [0.2, 0.25) is 0 Å². The summed E-state index contributed by atoms with van der Waals surface area (Å²) in [5.74, 6) is 0.553. The molecule has 0 bridgehead atoms. The van der Waals surface area contributed by atoms with Crippen molar-refractivity contribution in [2.45, 2.75) is 6.54 Å². The lowest BCUT2D eigenvalue weighted by atomic mass is 9.99. The number of amides is 1. The summed E-state index contributed by atoms with van der Waals surface area (Å²) < 4.78 is 0. The highest BCUT2D eigenvalue weighted by molar-refractivity contribution is 6.15. The number of nitrogens with one attached hydrogen (secondary N) is 3. The first kappa shape index (κ1) is 21.7. The molecule has 36 heavy (non-hydrogen) atoms. The number of aromatic amines is 1. The van der Waals surface area contributed by atoms with E-state index in [4.69, 9.17) is 9.98 Å². The van der Waals surface area contributed by atoms with Crippen LogP contribution in [0.4, 0.5) is 11.4 Å². The van der Waals surface area contributed by atoms with Gasteiger partial charge >= 0.3 is 0 Å². The Labute approximate surface area is 208 Å². The number of carbonyl (C=O) groups excluding carboxylic acids is 1. The predicted molar refractivity (Wildman–Crippen MR) is 143 cm³/mol. The number of rotatable bonds is 4. The SMILES string of the molecule is O=C(Nc1cncc(-c2ccc3c(c2)C(c2nc4c([nH]2)CN=CC=C4)=NCCN3)c1)c1ccccc1. The topological polar surface area (TPSA) is 107 Å². The van der Waals surface area contributed by atoms with Crippen LogP contribution in [-0.2, 0) is 6.54 Å². The van der Waals surface area contributed by atoms with Gasteiger partial charge in [0.05, 0.1) is 36.4 Å². The molecule has 4 heterocycles. The molecule has 1 amide bonds. The van der Waals surface area contributed by atoms with Gasteiger partial charge in [-0.3, -0.25) is 19.8 Å². The first-order valence-electron chi connectivity index (χ1n) is 11.7. The molecule has 2 aromatic heterocycles. The van der Waals surface area contributed by atoms with E-state index in [2.05, 4.69) is 37.7 Å². The Kier molecular flexibility index (Phi) is 5.67. The molecular formula is C28H23N7O. The maximum Gasteiger partial charge on any atom is 0.255 e. The molecule has 8 heteroatoms. The van der Waals surface area contributed by atoms with E-state index >= 15 is 0 Å². The fraction of sp³-hybridized carbons (Fsp3) is 0.107. The van der Waals surface area contributed by atoms with Crippen molar-refractivity contribution in [2.24, 2.45) is 9.98 Å². The zero-order valence-electron chi connectivity index (χ0n) is 19.4. The molecule has 0 radical (unpaired) electrons. The molecular weight excluding hydrogens is 450 g/mol. The second kappa shape index (κ2) is 9.42. The van der Waals surface area contributed by atoms with Crippen molar-refractivity contribution in [3.63, 3.8) is 0 Å². The Bertz CT molecular complexity index is 1530. The fourth-order valence-corrected chi connectivity index (χ4v) is 4.31. The number of aliphatic imine (C=N–C) groups is 2. The number of H-pyrrole nitrogens is 1. The zero-order chi connectivity index (χ0) is 24.3. The quantitative estimate of drug-likeness (QED) is 0.403. The van der Waals surface area contributed by atoms with E-state index in [0.29, 0.717) is 24.3 Å². The van der Waals surface area contributed by atoms with Crippen LogP contribution >= 0.6 is 0 Å². The molecule has 8 nitrogen and oxygen atoms in total. The average molecular weight is 474 g/mol. The van der Waals surface area contributed by atoms with Crippen LogP contribution in [-0.4, -0.2) is 45.9 Å². The third-order valence-corrected chi connectivity index (χ3v) is 6.07. The molecule has 0 atom stereocenters. The molecule has 2 aromatic carbocycles. The normalized spacial score (nSPS) is 14.1. The van der Waals surface area contributed by atoms with Crippen molar-refractivity contribution >= 4 is 35.3 Å². The Morgan fingerprint density at radius 2 is 1.92 bits per heavy atom. The maximum atomic E-state index is 12.6. The van der Waals surface area contributed by atoms with Crippen molar-refractivity contribution in [3.05, 3.63) is 101 Å². The van der Waals surface area contributed by atoms with Gasteiger partial charge in [-0.15, -0.1) is 0 Å². The maximum absolute atomic E-state index is 12.6. The number of aromatic nitrogens is 3. The number of nitrogens with zero attached hydrogens (tertiary/aromatic N) is 4. The van der Waals surface area contributed by atoms with Gasteiger partial charge in [-0.1, -0.05) is 24.3 Å². The molecule has 0 saturated carbocycles. The van der Waals surface area contributed by atoms with Crippen molar-refractivity contribution in [2.75, 3.05) is 23.7 Å². The van der Waals surface area contributed by atoms with Gasteiger partial charge < -0.3 is 15.6 Å². The van der Waals surface area contributed by atoms with Crippen LogP contribution in [0.2, 0.25) is 0 Å². The molecule has 0 spiro atoms. The molecule has 2 aliphatic rings. The van der Waals surface area contributed by atoms with Gasteiger partial charge in [0.25, 0.3) is 5.91 Å². The minimum absolute atomic E-state index is 0.175. The van der Waals surface area contributed by atoms with Crippen molar-refractivity contribution in [1.29, 1.82) is 0 Å². The van der Waals surface area contributed by atoms with Gasteiger partial charge in [-0.25, -0.2) is 4.98 Å². The van der Waals surface area contributed by atoms with Gasteiger partial charge in [0.1, 0.15) is 5.71 Å². The Hall–Kier alpha value is -4.85. The number of pyridine rings is 1. The lowest BCUT2D eigenvalue weighted by molar-refractivity contribution is 0.102. The summed E-state index contributed by atoms with van der Waals surface area (Å²) in [7, 11) is 0. The van der Waals surface area contributed by atoms with Gasteiger partial charge in [0, 0.05) is 41.3 Å². The Balaban J connectivity index is 1.34. The minimum atomic E-state index is -0.175. The van der Waals surface area contributed by atoms with Crippen molar-refractivity contribution in [3.8, 4) is 11.1 Å². The fourth-order valence-electron chi connectivity index (χ4n) is 4.31. The lowest BCUT2D eigenvalue weighted by Crippen LogP contribution is -2.11. The van der Waals surface area contributed by atoms with E-state index in [1.54, 1.807) is 30.7 Å².